The first kappa shape index (κ1) is 41.8. The lowest BCUT2D eigenvalue weighted by Crippen LogP contribution is -2.47. The van der Waals surface area contributed by atoms with Crippen LogP contribution >= 0.6 is 0 Å². The number of likely N-dealkylation sites (N-methyl/N-ethyl adjacent to an activating group) is 2. The molecule has 0 bridgehead atoms. The van der Waals surface area contributed by atoms with Crippen molar-refractivity contribution in [2.45, 2.75) is 89.6 Å². The molecule has 0 aliphatic carbocycles. The highest BCUT2D eigenvalue weighted by Gasteiger charge is 2.31. The normalized spacial score (nSPS) is 18.1. The summed E-state index contributed by atoms with van der Waals surface area (Å²) >= 11 is 0. The minimum Gasteiger partial charge on any atom is -0.378 e. The molecule has 4 atom stereocenters. The summed E-state index contributed by atoms with van der Waals surface area (Å²) in [5.74, 6) is -1.36. The molecule has 308 valence electrons. The van der Waals surface area contributed by atoms with Crippen molar-refractivity contribution in [1.82, 2.24) is 40.2 Å². The number of hydrogen-bond donors (Lipinski definition) is 4. The van der Waals surface area contributed by atoms with E-state index in [0.717, 1.165) is 58.6 Å². The lowest BCUT2D eigenvalue weighted by Gasteiger charge is -2.25. The molecule has 4 N–H and O–H groups in total. The molecule has 2 saturated heterocycles. The quantitative estimate of drug-likeness (QED) is 0.114. The molecule has 4 aromatic rings. The van der Waals surface area contributed by atoms with Crippen molar-refractivity contribution in [2.75, 3.05) is 53.5 Å². The van der Waals surface area contributed by atoms with E-state index in [-0.39, 0.29) is 60.4 Å². The van der Waals surface area contributed by atoms with Gasteiger partial charge in [-0.25, -0.2) is 8.78 Å². The average Bonchev–Trinajstić information content (AvgIpc) is 4.01. The highest BCUT2D eigenvalue weighted by Crippen LogP contribution is 2.30. The van der Waals surface area contributed by atoms with Crippen LogP contribution in [0.1, 0.15) is 50.7 Å². The van der Waals surface area contributed by atoms with E-state index in [2.05, 4.69) is 21.3 Å². The van der Waals surface area contributed by atoms with Crippen LogP contribution in [0.2, 0.25) is 0 Å². The van der Waals surface area contributed by atoms with E-state index in [9.17, 15) is 28.0 Å². The van der Waals surface area contributed by atoms with E-state index in [1.165, 1.54) is 24.3 Å². The number of halogens is 2. The number of amides is 4. The van der Waals surface area contributed by atoms with Crippen LogP contribution in [0, 0.1) is 11.6 Å². The maximum absolute atomic E-state index is 14.5. The van der Waals surface area contributed by atoms with Crippen molar-refractivity contribution in [3.05, 3.63) is 71.6 Å². The number of nitrogens with one attached hydrogen (secondary N) is 4. The summed E-state index contributed by atoms with van der Waals surface area (Å²) in [6, 6.07) is 8.69. The number of fused-ring (bicyclic) bond motifs is 2. The SMILES string of the molecule is CN[C@@H](C)C(=O)NCC(=O)N1CCC[C@H]1Cc1cn(CCOCCn2cc(C[C@@H]3CCCN3C(=O)CNC(=O)[C@H](C)NC)c3ccc(F)cc32)c2cc(F)ccc12. The van der Waals surface area contributed by atoms with E-state index in [0.29, 0.717) is 52.2 Å². The number of carbonyl (C=O) groups is 4. The Morgan fingerprint density at radius 3 is 1.53 bits per heavy atom. The molecule has 4 amide bonds. The Hall–Kier alpha value is -4.86. The van der Waals surface area contributed by atoms with Crippen LogP contribution < -0.4 is 21.3 Å². The van der Waals surface area contributed by atoms with Crippen molar-refractivity contribution in [3.63, 3.8) is 0 Å². The third-order valence-electron chi connectivity index (χ3n) is 11.6. The zero-order valence-electron chi connectivity index (χ0n) is 33.4. The molecular weight excluding hydrogens is 735 g/mol. The summed E-state index contributed by atoms with van der Waals surface area (Å²) in [6.45, 7) is 6.31. The number of carbonyl (C=O) groups excluding carboxylic acids is 4. The summed E-state index contributed by atoms with van der Waals surface area (Å²) in [7, 11) is 3.39. The van der Waals surface area contributed by atoms with E-state index in [1.807, 2.05) is 31.3 Å². The highest BCUT2D eigenvalue weighted by atomic mass is 19.1. The largest absolute Gasteiger partial charge is 0.378 e. The number of nitrogens with zero attached hydrogens (tertiary/aromatic N) is 4. The van der Waals surface area contributed by atoms with Gasteiger partial charge in [-0.15, -0.1) is 0 Å². The molecule has 0 unspecified atom stereocenters. The van der Waals surface area contributed by atoms with Gasteiger partial charge in [-0.1, -0.05) is 0 Å². The Kier molecular flexibility index (Phi) is 14.0. The number of rotatable bonds is 18. The van der Waals surface area contributed by atoms with Gasteiger partial charge in [0.05, 0.1) is 49.4 Å². The molecule has 2 aromatic heterocycles. The number of likely N-dealkylation sites (tertiary alicyclic amines) is 2. The monoisotopic (exact) mass is 790 g/mol. The zero-order valence-corrected chi connectivity index (χ0v) is 33.4. The molecule has 0 saturated carbocycles. The molecule has 2 aliphatic heterocycles. The second-order valence-corrected chi connectivity index (χ2v) is 15.3. The molecule has 15 heteroatoms. The molecule has 2 aromatic carbocycles. The Labute approximate surface area is 332 Å². The number of aromatic nitrogens is 2. The van der Waals surface area contributed by atoms with E-state index in [4.69, 9.17) is 4.74 Å². The molecular formula is C42H56F2N8O5. The summed E-state index contributed by atoms with van der Waals surface area (Å²) in [4.78, 5) is 54.4. The van der Waals surface area contributed by atoms with E-state index in [1.54, 1.807) is 40.1 Å². The van der Waals surface area contributed by atoms with Gasteiger partial charge in [0, 0.05) is 61.4 Å². The Balaban J connectivity index is 1.06. The smallest absolute Gasteiger partial charge is 0.242 e. The second kappa shape index (κ2) is 19.1. The van der Waals surface area contributed by atoms with Gasteiger partial charge in [-0.2, -0.15) is 0 Å². The molecule has 0 radical (unpaired) electrons. The first-order valence-corrected chi connectivity index (χ1v) is 20.1. The minimum atomic E-state index is -0.395. The summed E-state index contributed by atoms with van der Waals surface area (Å²) in [5.41, 5.74) is 3.55. The molecule has 2 aliphatic rings. The third kappa shape index (κ3) is 10.00. The van der Waals surface area contributed by atoms with Gasteiger partial charge in [-0.3, -0.25) is 19.2 Å². The van der Waals surface area contributed by atoms with Crippen molar-refractivity contribution in [3.8, 4) is 0 Å². The van der Waals surface area contributed by atoms with Crippen molar-refractivity contribution >= 4 is 45.4 Å². The molecule has 13 nitrogen and oxygen atoms in total. The maximum Gasteiger partial charge on any atom is 0.242 e. The van der Waals surface area contributed by atoms with Gasteiger partial charge in [0.15, 0.2) is 0 Å². The lowest BCUT2D eigenvalue weighted by atomic mass is 10.0. The van der Waals surface area contributed by atoms with Crippen molar-refractivity contribution in [2.24, 2.45) is 0 Å². The van der Waals surface area contributed by atoms with E-state index < -0.39 is 12.1 Å². The lowest BCUT2D eigenvalue weighted by molar-refractivity contribution is -0.134. The maximum atomic E-state index is 14.5. The van der Waals surface area contributed by atoms with Crippen molar-refractivity contribution in [1.29, 1.82) is 0 Å². The van der Waals surface area contributed by atoms with Gasteiger partial charge in [0.2, 0.25) is 23.6 Å². The van der Waals surface area contributed by atoms with Crippen molar-refractivity contribution < 1.29 is 32.7 Å². The van der Waals surface area contributed by atoms with Gasteiger partial charge >= 0.3 is 0 Å². The highest BCUT2D eigenvalue weighted by molar-refractivity contribution is 5.89. The molecule has 0 spiro atoms. The first-order chi connectivity index (χ1) is 27.5. The fourth-order valence-corrected chi connectivity index (χ4v) is 8.16. The Morgan fingerprint density at radius 1 is 0.702 bits per heavy atom. The third-order valence-corrected chi connectivity index (χ3v) is 11.6. The van der Waals surface area contributed by atoms with Crippen LogP contribution in [-0.2, 0) is 49.8 Å². The average molecular weight is 791 g/mol. The fourth-order valence-electron chi connectivity index (χ4n) is 8.16. The predicted molar refractivity (Wildman–Crippen MR) is 215 cm³/mol. The van der Waals surface area contributed by atoms with Crippen LogP contribution in [0.4, 0.5) is 8.78 Å². The number of benzene rings is 2. The van der Waals surface area contributed by atoms with E-state index >= 15 is 0 Å². The summed E-state index contributed by atoms with van der Waals surface area (Å²) in [5, 5.41) is 13.1. The molecule has 2 fully saturated rings. The Morgan fingerprint density at radius 2 is 1.12 bits per heavy atom. The zero-order chi connectivity index (χ0) is 40.6. The summed E-state index contributed by atoms with van der Waals surface area (Å²) in [6.07, 6.45) is 8.70. The molecule has 6 rings (SSSR count). The Bertz CT molecular complexity index is 1920. The fraction of sp³-hybridized carbons (Fsp3) is 0.524. The topological polar surface area (TPSA) is 142 Å². The van der Waals surface area contributed by atoms with Crippen LogP contribution in [0.25, 0.3) is 21.8 Å². The van der Waals surface area contributed by atoms with Gasteiger partial charge < -0.3 is 44.9 Å². The van der Waals surface area contributed by atoms with Crippen LogP contribution in [-0.4, -0.2) is 120 Å². The predicted octanol–water partition coefficient (Wildman–Crippen LogP) is 3.11. The van der Waals surface area contributed by atoms with Crippen LogP contribution in [0.5, 0.6) is 0 Å². The molecule has 4 heterocycles. The summed E-state index contributed by atoms with van der Waals surface area (Å²) < 4.78 is 39.1. The molecule has 57 heavy (non-hydrogen) atoms. The van der Waals surface area contributed by atoms with Crippen LogP contribution in [0.15, 0.2) is 48.8 Å². The van der Waals surface area contributed by atoms with Gasteiger partial charge in [-0.05, 0) is 114 Å². The van der Waals surface area contributed by atoms with Gasteiger partial charge in [0.25, 0.3) is 0 Å². The number of hydrogen-bond acceptors (Lipinski definition) is 7. The minimum absolute atomic E-state index is 0.0280. The van der Waals surface area contributed by atoms with Crippen LogP contribution in [0.3, 0.4) is 0 Å². The first-order valence-electron chi connectivity index (χ1n) is 20.1. The van der Waals surface area contributed by atoms with Gasteiger partial charge in [0.1, 0.15) is 11.6 Å². The second-order valence-electron chi connectivity index (χ2n) is 15.3. The number of ether oxygens (including phenoxy) is 1. The standard InChI is InChI=1S/C42H56F2N8O5/c1-27(45-3)41(55)47-23-39(53)51-13-5-7-33(51)19-29-25-49(37-21-31(43)9-11-35(29)37)15-17-57-18-16-50-26-30(36-12-10-32(44)22-38(36)50)20-34-8-6-14-52(34)40(54)24-48-42(56)28(2)46-4/h9-12,21-22,25-28,33-34,45-46H,5-8,13-20,23-24H2,1-4H3,(H,47,55)(H,48,56)/t27-,28-,33-,34-/m0/s1.